The van der Waals surface area contributed by atoms with Crippen molar-refractivity contribution in [3.63, 3.8) is 0 Å². The summed E-state index contributed by atoms with van der Waals surface area (Å²) in [6, 6.07) is 15.7. The molecule has 0 spiro atoms. The van der Waals surface area contributed by atoms with E-state index in [1.54, 1.807) is 0 Å². The Morgan fingerprint density at radius 3 is 2.53 bits per heavy atom. The molecule has 19 heavy (non-hydrogen) atoms. The first kappa shape index (κ1) is 11.9. The van der Waals surface area contributed by atoms with Crippen LogP contribution in [0.25, 0.3) is 22.6 Å². The number of rotatable bonds is 3. The van der Waals surface area contributed by atoms with Gasteiger partial charge in [-0.2, -0.15) is 0 Å². The molecule has 0 aliphatic heterocycles. The van der Waals surface area contributed by atoms with Crippen LogP contribution in [0.4, 0.5) is 0 Å². The Kier molecular flexibility index (Phi) is 3.05. The van der Waals surface area contributed by atoms with E-state index in [-0.39, 0.29) is 12.5 Å². The molecule has 3 aromatic rings. The van der Waals surface area contributed by atoms with Crippen molar-refractivity contribution >= 4 is 11.1 Å². The van der Waals surface area contributed by atoms with Gasteiger partial charge in [0.15, 0.2) is 5.58 Å². The van der Waals surface area contributed by atoms with Crippen LogP contribution in [-0.2, 0) is 0 Å². The van der Waals surface area contributed by atoms with E-state index in [2.05, 4.69) is 4.98 Å². The number of aromatic nitrogens is 1. The number of nitrogens with zero attached hydrogens (tertiary/aromatic N) is 1. The molecule has 1 atom stereocenters. The number of para-hydroxylation sites is 2. The normalized spacial score (nSPS) is 12.7. The molecule has 0 aliphatic carbocycles. The van der Waals surface area contributed by atoms with Crippen LogP contribution < -0.4 is 0 Å². The Balaban J connectivity index is 1.97. The second-order valence-electron chi connectivity index (χ2n) is 4.69. The highest BCUT2D eigenvalue weighted by atomic mass is 16.3. The molecule has 0 amide bonds. The van der Waals surface area contributed by atoms with E-state index in [0.29, 0.717) is 5.89 Å². The van der Waals surface area contributed by atoms with Crippen LogP contribution in [0.5, 0.6) is 0 Å². The molecule has 3 rings (SSSR count). The maximum absolute atomic E-state index is 9.14. The van der Waals surface area contributed by atoms with Crippen LogP contribution in [0.3, 0.4) is 0 Å². The van der Waals surface area contributed by atoms with E-state index in [1.807, 2.05) is 55.5 Å². The summed E-state index contributed by atoms with van der Waals surface area (Å²) >= 11 is 0. The summed E-state index contributed by atoms with van der Waals surface area (Å²) in [5.41, 5.74) is 3.73. The summed E-state index contributed by atoms with van der Waals surface area (Å²) in [5.74, 6) is 0.780. The Morgan fingerprint density at radius 1 is 1.11 bits per heavy atom. The third-order valence-electron chi connectivity index (χ3n) is 3.29. The lowest BCUT2D eigenvalue weighted by Gasteiger charge is -2.07. The standard InChI is InChI=1S/C16H15NO2/c1-11(10-18)12-6-8-13(9-7-12)16-17-14-4-2-3-5-15(14)19-16/h2-9,11,18H,10H2,1H3. The fourth-order valence-electron chi connectivity index (χ4n) is 2.06. The predicted octanol–water partition coefficient (Wildman–Crippen LogP) is 3.59. The van der Waals surface area contributed by atoms with Crippen LogP contribution in [0.2, 0.25) is 0 Å². The number of hydrogen-bond donors (Lipinski definition) is 1. The summed E-state index contributed by atoms with van der Waals surface area (Å²) in [6.07, 6.45) is 0. The summed E-state index contributed by atoms with van der Waals surface area (Å²) in [4.78, 5) is 4.46. The van der Waals surface area contributed by atoms with Gasteiger partial charge < -0.3 is 9.52 Å². The van der Waals surface area contributed by atoms with Crippen LogP contribution in [0, 0.1) is 0 Å². The van der Waals surface area contributed by atoms with Crippen molar-refractivity contribution in [3.05, 3.63) is 54.1 Å². The topological polar surface area (TPSA) is 46.3 Å². The van der Waals surface area contributed by atoms with Gasteiger partial charge in [0.05, 0.1) is 0 Å². The van der Waals surface area contributed by atoms with E-state index >= 15 is 0 Å². The van der Waals surface area contributed by atoms with Gasteiger partial charge in [0.1, 0.15) is 5.52 Å². The lowest BCUT2D eigenvalue weighted by atomic mass is 10.0. The summed E-state index contributed by atoms with van der Waals surface area (Å²) in [7, 11) is 0. The molecule has 0 fully saturated rings. The van der Waals surface area contributed by atoms with Crippen molar-refractivity contribution < 1.29 is 9.52 Å². The maximum atomic E-state index is 9.14. The van der Waals surface area contributed by atoms with E-state index in [9.17, 15) is 0 Å². The second-order valence-corrected chi connectivity index (χ2v) is 4.69. The number of benzene rings is 2. The molecule has 1 unspecified atom stereocenters. The Hall–Kier alpha value is -2.13. The number of fused-ring (bicyclic) bond motifs is 1. The molecule has 0 radical (unpaired) electrons. The molecule has 1 N–H and O–H groups in total. The Bertz CT molecular complexity index is 652. The van der Waals surface area contributed by atoms with Gasteiger partial charge in [0.2, 0.25) is 5.89 Å². The average Bonchev–Trinajstić information content (AvgIpc) is 2.90. The van der Waals surface area contributed by atoms with Crippen molar-refractivity contribution in [2.75, 3.05) is 6.61 Å². The zero-order valence-electron chi connectivity index (χ0n) is 10.7. The number of hydrogen-bond acceptors (Lipinski definition) is 3. The fourth-order valence-corrected chi connectivity index (χ4v) is 2.06. The second kappa shape index (κ2) is 4.86. The number of oxazole rings is 1. The lowest BCUT2D eigenvalue weighted by molar-refractivity contribution is 0.273. The van der Waals surface area contributed by atoms with Crippen LogP contribution in [-0.4, -0.2) is 16.7 Å². The minimum atomic E-state index is 0.151. The smallest absolute Gasteiger partial charge is 0.227 e. The maximum Gasteiger partial charge on any atom is 0.227 e. The van der Waals surface area contributed by atoms with Gasteiger partial charge in [-0.1, -0.05) is 31.2 Å². The van der Waals surface area contributed by atoms with E-state index in [1.165, 1.54) is 0 Å². The first-order valence-electron chi connectivity index (χ1n) is 6.34. The summed E-state index contributed by atoms with van der Waals surface area (Å²) in [6.45, 7) is 2.15. The third kappa shape index (κ3) is 2.25. The van der Waals surface area contributed by atoms with Gasteiger partial charge in [-0.25, -0.2) is 4.98 Å². The number of aliphatic hydroxyl groups is 1. The molecular weight excluding hydrogens is 238 g/mol. The molecule has 96 valence electrons. The SMILES string of the molecule is CC(CO)c1ccc(-c2nc3ccccc3o2)cc1. The minimum absolute atomic E-state index is 0.151. The Morgan fingerprint density at radius 2 is 1.84 bits per heavy atom. The molecule has 1 heterocycles. The zero-order valence-corrected chi connectivity index (χ0v) is 10.7. The highest BCUT2D eigenvalue weighted by molar-refractivity contribution is 5.75. The van der Waals surface area contributed by atoms with E-state index in [0.717, 1.165) is 22.2 Å². The zero-order chi connectivity index (χ0) is 13.2. The molecular formula is C16H15NO2. The van der Waals surface area contributed by atoms with Gasteiger partial charge in [0.25, 0.3) is 0 Å². The molecule has 0 saturated heterocycles. The van der Waals surface area contributed by atoms with Gasteiger partial charge in [-0.3, -0.25) is 0 Å². The van der Waals surface area contributed by atoms with Crippen molar-refractivity contribution in [1.82, 2.24) is 4.98 Å². The monoisotopic (exact) mass is 253 g/mol. The first-order chi connectivity index (χ1) is 9.28. The largest absolute Gasteiger partial charge is 0.436 e. The van der Waals surface area contributed by atoms with Crippen molar-refractivity contribution in [3.8, 4) is 11.5 Å². The van der Waals surface area contributed by atoms with E-state index < -0.39 is 0 Å². The third-order valence-corrected chi connectivity index (χ3v) is 3.29. The first-order valence-corrected chi connectivity index (χ1v) is 6.34. The van der Waals surface area contributed by atoms with Gasteiger partial charge in [0, 0.05) is 18.1 Å². The molecule has 2 aromatic carbocycles. The number of aliphatic hydroxyl groups excluding tert-OH is 1. The summed E-state index contributed by atoms with van der Waals surface area (Å²) < 4.78 is 5.72. The van der Waals surface area contributed by atoms with Gasteiger partial charge in [-0.05, 0) is 29.8 Å². The predicted molar refractivity (Wildman–Crippen MR) is 74.9 cm³/mol. The van der Waals surface area contributed by atoms with Crippen molar-refractivity contribution in [2.45, 2.75) is 12.8 Å². The average molecular weight is 253 g/mol. The van der Waals surface area contributed by atoms with Crippen LogP contribution >= 0.6 is 0 Å². The molecule has 1 aromatic heterocycles. The van der Waals surface area contributed by atoms with Crippen molar-refractivity contribution in [2.24, 2.45) is 0 Å². The molecule has 3 nitrogen and oxygen atoms in total. The molecule has 0 saturated carbocycles. The highest BCUT2D eigenvalue weighted by Gasteiger charge is 2.09. The molecule has 3 heteroatoms. The van der Waals surface area contributed by atoms with Crippen LogP contribution in [0.1, 0.15) is 18.4 Å². The van der Waals surface area contributed by atoms with Gasteiger partial charge >= 0.3 is 0 Å². The molecule has 0 aliphatic rings. The highest BCUT2D eigenvalue weighted by Crippen LogP contribution is 2.25. The minimum Gasteiger partial charge on any atom is -0.436 e. The summed E-state index contributed by atoms with van der Waals surface area (Å²) in [5, 5.41) is 9.14. The molecule has 0 bridgehead atoms. The van der Waals surface area contributed by atoms with Crippen LogP contribution in [0.15, 0.2) is 52.9 Å². The quantitative estimate of drug-likeness (QED) is 0.775. The Labute approximate surface area is 111 Å². The van der Waals surface area contributed by atoms with Crippen molar-refractivity contribution in [1.29, 1.82) is 0 Å². The fraction of sp³-hybridized carbons (Fsp3) is 0.188. The lowest BCUT2D eigenvalue weighted by Crippen LogP contribution is -1.98. The van der Waals surface area contributed by atoms with E-state index in [4.69, 9.17) is 9.52 Å². The van der Waals surface area contributed by atoms with Gasteiger partial charge in [-0.15, -0.1) is 0 Å².